The quantitative estimate of drug-likeness (QED) is 0.405. The van der Waals surface area contributed by atoms with Gasteiger partial charge in [0.1, 0.15) is 0 Å². The van der Waals surface area contributed by atoms with Crippen LogP contribution in [0.1, 0.15) is 15.9 Å². The number of Topliss-reactive ketones (excluding diaryl/α,β-unsaturated/α-hetero) is 1. The van der Waals surface area contributed by atoms with Crippen LogP contribution in [0.3, 0.4) is 0 Å². The normalized spacial score (nSPS) is 10.2. The minimum Gasteiger partial charge on any atom is -0.293 e. The maximum atomic E-state index is 11.5. The van der Waals surface area contributed by atoms with Crippen molar-refractivity contribution in [1.82, 2.24) is 0 Å². The molecule has 0 bridgehead atoms. The standard InChI is InChI=1S/C9H7Br2IO/c1-5-2-6(11)3-7(9(5)12)8(13)4-10/h2-3H,4H2,1H3. The van der Waals surface area contributed by atoms with Gasteiger partial charge in [-0.3, -0.25) is 4.79 Å². The van der Waals surface area contributed by atoms with Gasteiger partial charge in [-0.2, -0.15) is 0 Å². The van der Waals surface area contributed by atoms with E-state index in [-0.39, 0.29) is 5.78 Å². The van der Waals surface area contributed by atoms with Crippen molar-refractivity contribution in [3.8, 4) is 0 Å². The molecule has 70 valence electrons. The Labute approximate surface area is 108 Å². The van der Waals surface area contributed by atoms with Gasteiger partial charge in [0.05, 0.1) is 5.33 Å². The highest BCUT2D eigenvalue weighted by molar-refractivity contribution is 14.1. The van der Waals surface area contributed by atoms with Crippen molar-refractivity contribution < 1.29 is 4.79 Å². The molecule has 0 atom stereocenters. The monoisotopic (exact) mass is 416 g/mol. The molecular formula is C9H7Br2IO. The van der Waals surface area contributed by atoms with Crippen LogP contribution in [-0.4, -0.2) is 11.1 Å². The van der Waals surface area contributed by atoms with Gasteiger partial charge in [0.2, 0.25) is 0 Å². The zero-order valence-corrected chi connectivity index (χ0v) is 12.2. The number of aryl methyl sites for hydroxylation is 1. The molecule has 1 nitrogen and oxygen atoms in total. The minimum atomic E-state index is 0.119. The van der Waals surface area contributed by atoms with Crippen LogP contribution in [-0.2, 0) is 0 Å². The molecule has 0 aliphatic carbocycles. The van der Waals surface area contributed by atoms with E-state index in [1.807, 2.05) is 19.1 Å². The Balaban J connectivity index is 3.28. The molecule has 1 aromatic carbocycles. The van der Waals surface area contributed by atoms with Crippen LogP contribution in [0.2, 0.25) is 0 Å². The first kappa shape index (κ1) is 11.7. The van der Waals surface area contributed by atoms with Gasteiger partial charge in [0.15, 0.2) is 5.78 Å². The summed E-state index contributed by atoms with van der Waals surface area (Å²) >= 11 is 8.74. The molecule has 13 heavy (non-hydrogen) atoms. The summed E-state index contributed by atoms with van der Waals surface area (Å²) in [6, 6.07) is 3.87. The van der Waals surface area contributed by atoms with E-state index in [2.05, 4.69) is 54.5 Å². The van der Waals surface area contributed by atoms with Crippen molar-refractivity contribution >= 4 is 60.2 Å². The number of halogens is 3. The van der Waals surface area contributed by atoms with Gasteiger partial charge in [-0.25, -0.2) is 0 Å². The Hall–Kier alpha value is 0.580. The SMILES string of the molecule is Cc1cc(Br)cc(C(=O)CBr)c1I. The van der Waals surface area contributed by atoms with Gasteiger partial charge in [-0.15, -0.1) is 0 Å². The molecule has 0 radical (unpaired) electrons. The van der Waals surface area contributed by atoms with Gasteiger partial charge in [-0.05, 0) is 47.2 Å². The fraction of sp³-hybridized carbons (Fsp3) is 0.222. The molecule has 1 aromatic rings. The third kappa shape index (κ3) is 2.76. The van der Waals surface area contributed by atoms with E-state index < -0.39 is 0 Å². The smallest absolute Gasteiger partial charge is 0.174 e. The molecule has 0 N–H and O–H groups in total. The van der Waals surface area contributed by atoms with Crippen molar-refractivity contribution in [2.45, 2.75) is 6.92 Å². The van der Waals surface area contributed by atoms with Crippen LogP contribution in [0.15, 0.2) is 16.6 Å². The summed E-state index contributed by atoms with van der Waals surface area (Å²) in [5.74, 6) is 0.119. The molecule has 0 amide bonds. The van der Waals surface area contributed by atoms with E-state index in [1.54, 1.807) is 0 Å². The minimum absolute atomic E-state index is 0.119. The van der Waals surface area contributed by atoms with Gasteiger partial charge in [0, 0.05) is 13.6 Å². The van der Waals surface area contributed by atoms with Gasteiger partial charge >= 0.3 is 0 Å². The lowest BCUT2D eigenvalue weighted by molar-refractivity contribution is 0.102. The third-order valence-corrected chi connectivity index (χ3v) is 4.04. The Morgan fingerprint density at radius 2 is 2.15 bits per heavy atom. The van der Waals surface area contributed by atoms with Crippen LogP contribution in [0, 0.1) is 10.5 Å². The van der Waals surface area contributed by atoms with E-state index >= 15 is 0 Å². The van der Waals surface area contributed by atoms with E-state index in [0.717, 1.165) is 19.2 Å². The number of rotatable bonds is 2. The molecule has 0 aliphatic rings. The van der Waals surface area contributed by atoms with Crippen LogP contribution in [0.5, 0.6) is 0 Å². The first-order chi connectivity index (χ1) is 6.06. The highest BCUT2D eigenvalue weighted by Gasteiger charge is 2.11. The summed E-state index contributed by atoms with van der Waals surface area (Å²) in [4.78, 5) is 11.5. The number of ketones is 1. The highest BCUT2D eigenvalue weighted by atomic mass is 127. The predicted molar refractivity (Wildman–Crippen MR) is 69.7 cm³/mol. The Morgan fingerprint density at radius 3 is 2.69 bits per heavy atom. The van der Waals surface area contributed by atoms with E-state index in [4.69, 9.17) is 0 Å². The largest absolute Gasteiger partial charge is 0.293 e. The van der Waals surface area contributed by atoms with E-state index in [9.17, 15) is 4.79 Å². The zero-order chi connectivity index (χ0) is 10.0. The van der Waals surface area contributed by atoms with Crippen LogP contribution < -0.4 is 0 Å². The second kappa shape index (κ2) is 4.89. The molecule has 4 heteroatoms. The molecule has 0 heterocycles. The summed E-state index contributed by atoms with van der Waals surface area (Å²) in [7, 11) is 0. The highest BCUT2D eigenvalue weighted by Crippen LogP contribution is 2.23. The average Bonchev–Trinajstić information content (AvgIpc) is 2.10. The fourth-order valence-corrected chi connectivity index (χ4v) is 2.49. The fourth-order valence-electron chi connectivity index (χ4n) is 1.00. The number of carbonyl (C=O) groups excluding carboxylic acids is 1. The maximum absolute atomic E-state index is 11.5. The van der Waals surface area contributed by atoms with Crippen molar-refractivity contribution in [3.05, 3.63) is 31.3 Å². The summed E-state index contributed by atoms with van der Waals surface area (Å²) in [6.07, 6.45) is 0. The van der Waals surface area contributed by atoms with Crippen molar-refractivity contribution in [2.24, 2.45) is 0 Å². The van der Waals surface area contributed by atoms with Gasteiger partial charge < -0.3 is 0 Å². The predicted octanol–water partition coefficient (Wildman–Crippen LogP) is 3.94. The van der Waals surface area contributed by atoms with Crippen LogP contribution in [0.25, 0.3) is 0 Å². The first-order valence-electron chi connectivity index (χ1n) is 3.61. The lowest BCUT2D eigenvalue weighted by atomic mass is 10.1. The number of hydrogen-bond donors (Lipinski definition) is 0. The summed E-state index contributed by atoms with van der Waals surface area (Å²) in [6.45, 7) is 2.00. The molecule has 1 rings (SSSR count). The lowest BCUT2D eigenvalue weighted by Gasteiger charge is -2.05. The van der Waals surface area contributed by atoms with Crippen molar-refractivity contribution in [3.63, 3.8) is 0 Å². The molecule has 0 saturated carbocycles. The lowest BCUT2D eigenvalue weighted by Crippen LogP contribution is -2.04. The second-order valence-electron chi connectivity index (χ2n) is 2.64. The second-order valence-corrected chi connectivity index (χ2v) is 5.20. The third-order valence-electron chi connectivity index (χ3n) is 1.64. The average molecular weight is 418 g/mol. The van der Waals surface area contributed by atoms with Crippen molar-refractivity contribution in [1.29, 1.82) is 0 Å². The number of hydrogen-bond acceptors (Lipinski definition) is 1. The summed E-state index contributed by atoms with van der Waals surface area (Å²) in [5, 5.41) is 0.374. The molecule has 0 saturated heterocycles. The molecular weight excluding hydrogens is 411 g/mol. The molecule has 0 aliphatic heterocycles. The van der Waals surface area contributed by atoms with Crippen molar-refractivity contribution in [2.75, 3.05) is 5.33 Å². The van der Waals surface area contributed by atoms with Gasteiger partial charge in [0.25, 0.3) is 0 Å². The molecule has 0 unspecified atom stereocenters. The van der Waals surface area contributed by atoms with Gasteiger partial charge in [-0.1, -0.05) is 31.9 Å². The first-order valence-corrected chi connectivity index (χ1v) is 6.60. The Kier molecular flexibility index (Phi) is 4.38. The molecule has 0 aromatic heterocycles. The molecule has 0 spiro atoms. The summed E-state index contributed by atoms with van der Waals surface area (Å²) < 4.78 is 1.99. The number of alkyl halides is 1. The Bertz CT molecular complexity index is 350. The maximum Gasteiger partial charge on any atom is 0.174 e. The van der Waals surface area contributed by atoms with Crippen LogP contribution >= 0.6 is 54.5 Å². The van der Waals surface area contributed by atoms with E-state index in [0.29, 0.717) is 5.33 Å². The van der Waals surface area contributed by atoms with Crippen LogP contribution in [0.4, 0.5) is 0 Å². The summed E-state index contributed by atoms with van der Waals surface area (Å²) in [5.41, 5.74) is 1.91. The zero-order valence-electron chi connectivity index (χ0n) is 6.90. The Morgan fingerprint density at radius 1 is 1.54 bits per heavy atom. The molecule has 0 fully saturated rings. The number of carbonyl (C=O) groups is 1. The topological polar surface area (TPSA) is 17.1 Å². The number of benzene rings is 1. The van der Waals surface area contributed by atoms with E-state index in [1.165, 1.54) is 0 Å².